The number of carbonyl (C=O) groups excluding carboxylic acids is 1. The summed E-state index contributed by atoms with van der Waals surface area (Å²) in [6.45, 7) is 7.76. The van der Waals surface area contributed by atoms with Crippen LogP contribution in [0.4, 0.5) is 0 Å². The van der Waals surface area contributed by atoms with Crippen molar-refractivity contribution in [2.45, 2.75) is 39.2 Å². The van der Waals surface area contributed by atoms with E-state index in [0.717, 1.165) is 17.6 Å². The molecule has 2 aromatic carbocycles. The second kappa shape index (κ2) is 10.5. The number of carbonyl (C=O) groups is 1. The van der Waals surface area contributed by atoms with Gasteiger partial charge in [-0.1, -0.05) is 65.7 Å². The van der Waals surface area contributed by atoms with E-state index in [4.69, 9.17) is 4.74 Å². The predicted molar refractivity (Wildman–Crippen MR) is 154 cm³/mol. The van der Waals surface area contributed by atoms with Gasteiger partial charge < -0.3 is 15.0 Å². The lowest BCUT2D eigenvalue weighted by molar-refractivity contribution is -0.0106. The number of aromatic nitrogens is 2. The number of benzene rings is 2. The van der Waals surface area contributed by atoms with Gasteiger partial charge in [-0.2, -0.15) is 0 Å². The molecule has 6 nitrogen and oxygen atoms in total. The minimum Gasteiger partial charge on any atom is -0.377 e. The molecule has 3 aromatic rings. The van der Waals surface area contributed by atoms with Crippen molar-refractivity contribution in [3.05, 3.63) is 106 Å². The first-order chi connectivity index (χ1) is 18.9. The van der Waals surface area contributed by atoms with Crippen molar-refractivity contribution in [2.75, 3.05) is 33.4 Å². The summed E-state index contributed by atoms with van der Waals surface area (Å²) in [7, 11) is 2.21. The first kappa shape index (κ1) is 25.7. The molecule has 1 N–H and O–H groups in total. The highest BCUT2D eigenvalue weighted by Crippen LogP contribution is 2.54. The highest BCUT2D eigenvalue weighted by Gasteiger charge is 2.49. The van der Waals surface area contributed by atoms with Crippen LogP contribution in [0.15, 0.2) is 72.4 Å². The number of nitrogens with one attached hydrogen (secondary N) is 1. The molecule has 6 rings (SSSR count). The standard InChI is InChI=1S/C33H36N4O2/c1-22-4-6-25(7-5-22)30(28-18-33(19-28)20-37(3)21-33)26-10-8-24(9-11-26)23(2)35-32(38)29-12-15-34-31(36-29)27-13-16-39-17-14-27/h4-13,15,23H,14,16-21H2,1-3H3,(H,35,38)/t23-/m1/s1. The SMILES string of the molecule is Cc1ccc(C(=C2CC3(C2)CN(C)C3)c2ccc([C@@H](C)NC(=O)c3ccnc(C4=CCOCC4)n3)cc2)cc1. The molecule has 3 aliphatic rings. The molecule has 1 aliphatic carbocycles. The predicted octanol–water partition coefficient (Wildman–Crippen LogP) is 5.61. The fraction of sp³-hybridized carbons (Fsp3) is 0.364. The van der Waals surface area contributed by atoms with Crippen molar-refractivity contribution in [2.24, 2.45) is 5.41 Å². The Balaban J connectivity index is 1.19. The average molecular weight is 521 g/mol. The highest BCUT2D eigenvalue weighted by atomic mass is 16.5. The molecule has 1 aromatic heterocycles. The highest BCUT2D eigenvalue weighted by molar-refractivity contribution is 5.92. The molecule has 1 saturated heterocycles. The molecule has 200 valence electrons. The Morgan fingerprint density at radius 1 is 1.03 bits per heavy atom. The number of hydrogen-bond donors (Lipinski definition) is 1. The van der Waals surface area contributed by atoms with Crippen molar-refractivity contribution < 1.29 is 9.53 Å². The minimum absolute atomic E-state index is 0.153. The van der Waals surface area contributed by atoms with Crippen molar-refractivity contribution in [3.8, 4) is 0 Å². The van der Waals surface area contributed by atoms with Crippen LogP contribution in [0.1, 0.15) is 70.8 Å². The smallest absolute Gasteiger partial charge is 0.270 e. The van der Waals surface area contributed by atoms with Crippen LogP contribution in [0.3, 0.4) is 0 Å². The summed E-state index contributed by atoms with van der Waals surface area (Å²) in [5, 5.41) is 3.11. The Labute approximate surface area is 230 Å². The second-order valence-electron chi connectivity index (χ2n) is 11.5. The van der Waals surface area contributed by atoms with Crippen LogP contribution >= 0.6 is 0 Å². The van der Waals surface area contributed by atoms with Crippen molar-refractivity contribution >= 4 is 17.1 Å². The average Bonchev–Trinajstić information content (AvgIpc) is 2.93. The Morgan fingerprint density at radius 3 is 2.36 bits per heavy atom. The summed E-state index contributed by atoms with van der Waals surface area (Å²) in [6.07, 6.45) is 6.75. The third kappa shape index (κ3) is 5.32. The molecule has 0 bridgehead atoms. The zero-order valence-electron chi connectivity index (χ0n) is 23.0. The van der Waals surface area contributed by atoms with E-state index >= 15 is 0 Å². The topological polar surface area (TPSA) is 67.4 Å². The molecule has 1 atom stereocenters. The normalized spacial score (nSPS) is 19.1. The summed E-state index contributed by atoms with van der Waals surface area (Å²) in [6, 6.07) is 19.1. The first-order valence-electron chi connectivity index (χ1n) is 13.9. The molecule has 1 spiro atoms. The van der Waals surface area contributed by atoms with Gasteiger partial charge in [0.15, 0.2) is 5.82 Å². The van der Waals surface area contributed by atoms with Crippen molar-refractivity contribution in [1.29, 1.82) is 0 Å². The van der Waals surface area contributed by atoms with Gasteiger partial charge in [-0.3, -0.25) is 4.79 Å². The zero-order valence-corrected chi connectivity index (χ0v) is 23.0. The van der Waals surface area contributed by atoms with Crippen molar-refractivity contribution in [1.82, 2.24) is 20.2 Å². The molecule has 39 heavy (non-hydrogen) atoms. The number of hydrogen-bond acceptors (Lipinski definition) is 5. The fourth-order valence-electron chi connectivity index (χ4n) is 6.31. The quantitative estimate of drug-likeness (QED) is 0.458. The van der Waals surface area contributed by atoms with E-state index in [9.17, 15) is 4.79 Å². The third-order valence-corrected chi connectivity index (χ3v) is 8.27. The van der Waals surface area contributed by atoms with Crippen LogP contribution in [0.2, 0.25) is 0 Å². The van der Waals surface area contributed by atoms with Gasteiger partial charge in [0.2, 0.25) is 0 Å². The van der Waals surface area contributed by atoms with Crippen LogP contribution < -0.4 is 5.32 Å². The summed E-state index contributed by atoms with van der Waals surface area (Å²) < 4.78 is 5.38. The molecular formula is C33H36N4O2. The molecule has 0 radical (unpaired) electrons. The second-order valence-corrected chi connectivity index (χ2v) is 11.5. The van der Waals surface area contributed by atoms with Gasteiger partial charge in [0.25, 0.3) is 5.91 Å². The Hall–Kier alpha value is -3.61. The third-order valence-electron chi connectivity index (χ3n) is 8.27. The number of allylic oxidation sites excluding steroid dienone is 1. The van der Waals surface area contributed by atoms with E-state index in [-0.39, 0.29) is 11.9 Å². The number of ether oxygens (including phenoxy) is 1. The molecule has 1 amide bonds. The van der Waals surface area contributed by atoms with Gasteiger partial charge in [-0.15, -0.1) is 0 Å². The van der Waals surface area contributed by atoms with Gasteiger partial charge in [-0.25, -0.2) is 9.97 Å². The van der Waals surface area contributed by atoms with Gasteiger partial charge in [-0.05, 0) is 74.1 Å². The maximum Gasteiger partial charge on any atom is 0.270 e. The monoisotopic (exact) mass is 520 g/mol. The van der Waals surface area contributed by atoms with E-state index in [1.807, 2.05) is 13.0 Å². The number of nitrogens with zero attached hydrogens (tertiary/aromatic N) is 3. The molecular weight excluding hydrogens is 484 g/mol. The van der Waals surface area contributed by atoms with Crippen molar-refractivity contribution in [3.63, 3.8) is 0 Å². The molecule has 6 heteroatoms. The summed E-state index contributed by atoms with van der Waals surface area (Å²) in [5.74, 6) is 0.404. The number of likely N-dealkylation sites (tertiary alicyclic amines) is 1. The summed E-state index contributed by atoms with van der Waals surface area (Å²) >= 11 is 0. The van der Waals surface area contributed by atoms with Crippen LogP contribution in [0.25, 0.3) is 11.1 Å². The van der Waals surface area contributed by atoms with E-state index in [1.54, 1.807) is 17.8 Å². The van der Waals surface area contributed by atoms with Gasteiger partial charge in [0.05, 0.1) is 19.3 Å². The maximum absolute atomic E-state index is 13.0. The number of rotatable bonds is 6. The Morgan fingerprint density at radius 2 is 1.72 bits per heavy atom. The minimum atomic E-state index is -0.199. The summed E-state index contributed by atoms with van der Waals surface area (Å²) in [4.78, 5) is 24.4. The summed E-state index contributed by atoms with van der Waals surface area (Å²) in [5.41, 5.74) is 9.68. The molecule has 2 fully saturated rings. The van der Waals surface area contributed by atoms with E-state index in [2.05, 4.69) is 82.7 Å². The van der Waals surface area contributed by atoms with E-state index in [1.165, 1.54) is 48.2 Å². The Kier molecular flexibility index (Phi) is 6.92. The van der Waals surface area contributed by atoms with Gasteiger partial charge >= 0.3 is 0 Å². The number of aryl methyl sites for hydroxylation is 1. The largest absolute Gasteiger partial charge is 0.377 e. The van der Waals surface area contributed by atoms with Gasteiger partial charge in [0, 0.05) is 24.7 Å². The molecule has 0 unspecified atom stereocenters. The maximum atomic E-state index is 13.0. The first-order valence-corrected chi connectivity index (χ1v) is 13.9. The zero-order chi connectivity index (χ0) is 27.0. The Bertz CT molecular complexity index is 1420. The van der Waals surface area contributed by atoms with Gasteiger partial charge in [0.1, 0.15) is 5.69 Å². The van der Waals surface area contributed by atoms with Crippen LogP contribution in [-0.2, 0) is 4.74 Å². The lowest BCUT2D eigenvalue weighted by Crippen LogP contribution is -2.58. The molecule has 3 heterocycles. The van der Waals surface area contributed by atoms with Crippen LogP contribution in [-0.4, -0.2) is 54.1 Å². The fourth-order valence-corrected chi connectivity index (χ4v) is 6.31. The molecule has 2 aliphatic heterocycles. The van der Waals surface area contributed by atoms with E-state index < -0.39 is 0 Å². The van der Waals surface area contributed by atoms with Crippen LogP contribution in [0.5, 0.6) is 0 Å². The lowest BCUT2D eigenvalue weighted by Gasteiger charge is -2.56. The van der Waals surface area contributed by atoms with Crippen LogP contribution in [0, 0.1) is 12.3 Å². The lowest BCUT2D eigenvalue weighted by atomic mass is 9.59. The van der Waals surface area contributed by atoms with E-state index in [0.29, 0.717) is 30.1 Å². The number of amides is 1. The molecule has 1 saturated carbocycles.